The molecule has 0 aromatic rings. The van der Waals surface area contributed by atoms with Crippen LogP contribution in [0, 0.1) is 0 Å². The summed E-state index contributed by atoms with van der Waals surface area (Å²) in [4.78, 5) is 14.4. The van der Waals surface area contributed by atoms with Crippen molar-refractivity contribution in [3.63, 3.8) is 0 Å². The van der Waals surface area contributed by atoms with Crippen molar-refractivity contribution < 1.29 is 9.90 Å². The molecule has 14 heavy (non-hydrogen) atoms. The SMILES string of the molecule is CN(C)CC[C@@H](C(=O)O)N(C)C.Cl.Cl. The lowest BCUT2D eigenvalue weighted by Crippen LogP contribution is -2.37. The van der Waals surface area contributed by atoms with Gasteiger partial charge in [0.25, 0.3) is 0 Å². The average molecular weight is 247 g/mol. The normalized spacial score (nSPS) is 11.9. The Labute approximate surface area is 98.1 Å². The molecule has 0 aliphatic rings. The first-order valence-electron chi connectivity index (χ1n) is 3.99. The van der Waals surface area contributed by atoms with E-state index >= 15 is 0 Å². The van der Waals surface area contributed by atoms with Crippen LogP contribution in [-0.2, 0) is 4.79 Å². The fourth-order valence-electron chi connectivity index (χ4n) is 0.983. The molecule has 0 aromatic heterocycles. The van der Waals surface area contributed by atoms with Crippen molar-refractivity contribution in [2.24, 2.45) is 0 Å². The van der Waals surface area contributed by atoms with Gasteiger partial charge in [0.05, 0.1) is 0 Å². The summed E-state index contributed by atoms with van der Waals surface area (Å²) in [7, 11) is 7.45. The van der Waals surface area contributed by atoms with Crippen molar-refractivity contribution in [2.45, 2.75) is 12.5 Å². The number of hydrogen-bond acceptors (Lipinski definition) is 3. The Morgan fingerprint density at radius 2 is 1.64 bits per heavy atom. The Kier molecular flexibility index (Phi) is 13.3. The van der Waals surface area contributed by atoms with E-state index in [1.807, 2.05) is 19.0 Å². The monoisotopic (exact) mass is 246 g/mol. The van der Waals surface area contributed by atoms with Crippen molar-refractivity contribution in [3.8, 4) is 0 Å². The smallest absolute Gasteiger partial charge is 0.320 e. The van der Waals surface area contributed by atoms with E-state index in [4.69, 9.17) is 5.11 Å². The fraction of sp³-hybridized carbons (Fsp3) is 0.875. The quantitative estimate of drug-likeness (QED) is 0.780. The number of halogens is 2. The van der Waals surface area contributed by atoms with Crippen LogP contribution in [0.15, 0.2) is 0 Å². The van der Waals surface area contributed by atoms with Crippen molar-refractivity contribution in [3.05, 3.63) is 0 Å². The van der Waals surface area contributed by atoms with Gasteiger partial charge in [-0.25, -0.2) is 0 Å². The summed E-state index contributed by atoms with van der Waals surface area (Å²) in [6.45, 7) is 0.801. The van der Waals surface area contributed by atoms with Crippen LogP contribution in [-0.4, -0.2) is 61.7 Å². The number of hydrogen-bond donors (Lipinski definition) is 1. The summed E-state index contributed by atoms with van der Waals surface area (Å²) >= 11 is 0. The van der Waals surface area contributed by atoms with Crippen LogP contribution in [0.1, 0.15) is 6.42 Å². The highest BCUT2D eigenvalue weighted by atomic mass is 35.5. The van der Waals surface area contributed by atoms with Gasteiger partial charge in [0.2, 0.25) is 0 Å². The molecule has 0 bridgehead atoms. The van der Waals surface area contributed by atoms with Gasteiger partial charge in [-0.2, -0.15) is 0 Å². The van der Waals surface area contributed by atoms with E-state index in [1.165, 1.54) is 0 Å². The number of carbonyl (C=O) groups is 1. The van der Waals surface area contributed by atoms with Gasteiger partial charge in [0.1, 0.15) is 6.04 Å². The van der Waals surface area contributed by atoms with E-state index < -0.39 is 5.97 Å². The first kappa shape index (κ1) is 19.5. The maximum absolute atomic E-state index is 10.7. The molecule has 0 aliphatic heterocycles. The Bertz CT molecular complexity index is 154. The third kappa shape index (κ3) is 8.56. The molecule has 0 radical (unpaired) electrons. The first-order chi connectivity index (χ1) is 5.45. The van der Waals surface area contributed by atoms with Crippen LogP contribution >= 0.6 is 24.8 Å². The Hall–Kier alpha value is -0.0300. The van der Waals surface area contributed by atoms with E-state index in [2.05, 4.69) is 0 Å². The average Bonchev–Trinajstić information content (AvgIpc) is 1.84. The largest absolute Gasteiger partial charge is 0.480 e. The lowest BCUT2D eigenvalue weighted by Gasteiger charge is -2.21. The molecule has 0 heterocycles. The summed E-state index contributed by atoms with van der Waals surface area (Å²) in [6.07, 6.45) is 0.662. The molecule has 0 spiro atoms. The highest BCUT2D eigenvalue weighted by Gasteiger charge is 2.18. The van der Waals surface area contributed by atoms with Crippen molar-refractivity contribution >= 4 is 30.8 Å². The first-order valence-corrected chi connectivity index (χ1v) is 3.99. The minimum Gasteiger partial charge on any atom is -0.480 e. The Morgan fingerprint density at radius 3 is 1.86 bits per heavy atom. The number of carboxylic acid groups (broad SMARTS) is 1. The van der Waals surface area contributed by atoms with Crippen LogP contribution in [0.5, 0.6) is 0 Å². The molecule has 0 fully saturated rings. The zero-order valence-corrected chi connectivity index (χ0v) is 10.7. The summed E-state index contributed by atoms with van der Waals surface area (Å²) in [5.74, 6) is -0.748. The third-order valence-corrected chi connectivity index (χ3v) is 1.76. The summed E-state index contributed by atoms with van der Waals surface area (Å²) < 4.78 is 0. The highest BCUT2D eigenvalue weighted by molar-refractivity contribution is 5.85. The summed E-state index contributed by atoms with van der Waals surface area (Å²) in [6, 6.07) is -0.368. The molecule has 0 amide bonds. The molecule has 1 N–H and O–H groups in total. The van der Waals surface area contributed by atoms with Gasteiger partial charge >= 0.3 is 5.97 Å². The second-order valence-corrected chi connectivity index (χ2v) is 3.41. The van der Waals surface area contributed by atoms with Gasteiger partial charge in [0, 0.05) is 0 Å². The van der Waals surface area contributed by atoms with Gasteiger partial charge in [-0.15, -0.1) is 24.8 Å². The molecule has 0 rings (SSSR count). The molecule has 88 valence electrons. The van der Waals surface area contributed by atoms with E-state index in [9.17, 15) is 4.79 Å². The predicted molar refractivity (Wildman–Crippen MR) is 62.8 cm³/mol. The number of rotatable bonds is 5. The molecule has 0 saturated carbocycles. The van der Waals surface area contributed by atoms with Gasteiger partial charge in [0.15, 0.2) is 0 Å². The standard InChI is InChI=1S/C8H18N2O2.2ClH/c1-9(2)6-5-7(8(11)12)10(3)4;;/h7H,5-6H2,1-4H3,(H,11,12);2*1H/t7-;;/m0../s1. The molecule has 1 atom stereocenters. The molecular weight excluding hydrogens is 227 g/mol. The number of carboxylic acids is 1. The molecule has 0 aliphatic carbocycles. The van der Waals surface area contributed by atoms with E-state index in [-0.39, 0.29) is 30.9 Å². The van der Waals surface area contributed by atoms with Crippen LogP contribution in [0.3, 0.4) is 0 Å². The lowest BCUT2D eigenvalue weighted by molar-refractivity contribution is -0.142. The minimum absolute atomic E-state index is 0. The molecular formula is C8H20Cl2N2O2. The Morgan fingerprint density at radius 1 is 1.21 bits per heavy atom. The van der Waals surface area contributed by atoms with Gasteiger partial charge in [-0.1, -0.05) is 0 Å². The van der Waals surface area contributed by atoms with E-state index in [0.717, 1.165) is 6.54 Å². The number of aliphatic carboxylic acids is 1. The zero-order chi connectivity index (χ0) is 9.72. The molecule has 6 heteroatoms. The second-order valence-electron chi connectivity index (χ2n) is 3.41. The third-order valence-electron chi connectivity index (χ3n) is 1.76. The molecule has 0 aromatic carbocycles. The van der Waals surface area contributed by atoms with Crippen molar-refractivity contribution in [1.29, 1.82) is 0 Å². The zero-order valence-electron chi connectivity index (χ0n) is 9.06. The van der Waals surface area contributed by atoms with Gasteiger partial charge < -0.3 is 10.0 Å². The van der Waals surface area contributed by atoms with Crippen LogP contribution in [0.25, 0.3) is 0 Å². The fourth-order valence-corrected chi connectivity index (χ4v) is 0.983. The number of likely N-dealkylation sites (N-methyl/N-ethyl adjacent to an activating group) is 1. The molecule has 0 unspecified atom stereocenters. The topological polar surface area (TPSA) is 43.8 Å². The lowest BCUT2D eigenvalue weighted by atomic mass is 10.2. The van der Waals surface area contributed by atoms with Crippen molar-refractivity contribution in [1.82, 2.24) is 9.80 Å². The molecule has 4 nitrogen and oxygen atoms in total. The van der Waals surface area contributed by atoms with Gasteiger partial charge in [-0.3, -0.25) is 9.69 Å². The highest BCUT2D eigenvalue weighted by Crippen LogP contribution is 2.00. The minimum atomic E-state index is -0.748. The maximum atomic E-state index is 10.7. The van der Waals surface area contributed by atoms with Crippen LogP contribution in [0.2, 0.25) is 0 Å². The van der Waals surface area contributed by atoms with Crippen molar-refractivity contribution in [2.75, 3.05) is 34.7 Å². The van der Waals surface area contributed by atoms with Gasteiger partial charge in [-0.05, 0) is 41.2 Å². The Balaban J connectivity index is -0.000000605. The number of nitrogens with zero attached hydrogens (tertiary/aromatic N) is 2. The van der Waals surface area contributed by atoms with E-state index in [0.29, 0.717) is 6.42 Å². The summed E-state index contributed by atoms with van der Waals surface area (Å²) in [5.41, 5.74) is 0. The molecule has 0 saturated heterocycles. The van der Waals surface area contributed by atoms with E-state index in [1.54, 1.807) is 19.0 Å². The summed E-state index contributed by atoms with van der Waals surface area (Å²) in [5, 5.41) is 8.80. The van der Waals surface area contributed by atoms with Crippen LogP contribution in [0.4, 0.5) is 0 Å². The second kappa shape index (κ2) is 9.52. The van der Waals surface area contributed by atoms with Crippen LogP contribution < -0.4 is 0 Å². The predicted octanol–water partition coefficient (Wildman–Crippen LogP) is 0.797. The maximum Gasteiger partial charge on any atom is 0.320 e.